The van der Waals surface area contributed by atoms with Gasteiger partial charge < -0.3 is 5.32 Å². The third-order valence-electron chi connectivity index (χ3n) is 2.56. The molecule has 0 aliphatic heterocycles. The molecule has 2 N–H and O–H groups in total. The summed E-state index contributed by atoms with van der Waals surface area (Å²) in [6.45, 7) is 0.619. The highest BCUT2D eigenvalue weighted by Crippen LogP contribution is 2.20. The van der Waals surface area contributed by atoms with Gasteiger partial charge in [-0.1, -0.05) is 18.2 Å². The maximum atomic E-state index is 4.31. The molecule has 0 amide bonds. The SMILES string of the molecule is c1ccc2c(NCc3ncn[nH]3)ccnc2c1. The quantitative estimate of drug-likeness (QED) is 0.715. The van der Waals surface area contributed by atoms with E-state index in [4.69, 9.17) is 0 Å². The zero-order valence-electron chi connectivity index (χ0n) is 9.09. The summed E-state index contributed by atoms with van der Waals surface area (Å²) in [4.78, 5) is 8.38. The Morgan fingerprint density at radius 1 is 1.12 bits per heavy atom. The number of benzene rings is 1. The van der Waals surface area contributed by atoms with Crippen LogP contribution in [0.3, 0.4) is 0 Å². The van der Waals surface area contributed by atoms with Crippen LogP contribution in [0.25, 0.3) is 10.9 Å². The summed E-state index contributed by atoms with van der Waals surface area (Å²) < 4.78 is 0. The number of hydrogen-bond donors (Lipinski definition) is 2. The van der Waals surface area contributed by atoms with Crippen LogP contribution in [0.1, 0.15) is 5.82 Å². The summed E-state index contributed by atoms with van der Waals surface area (Å²) in [6, 6.07) is 9.98. The first-order valence-electron chi connectivity index (χ1n) is 5.35. The first-order valence-corrected chi connectivity index (χ1v) is 5.35. The Bertz CT molecular complexity index is 612. The van der Waals surface area contributed by atoms with Crippen molar-refractivity contribution in [1.29, 1.82) is 0 Å². The van der Waals surface area contributed by atoms with Crippen LogP contribution >= 0.6 is 0 Å². The van der Waals surface area contributed by atoms with Crippen LogP contribution in [0.4, 0.5) is 5.69 Å². The van der Waals surface area contributed by atoms with Crippen LogP contribution < -0.4 is 5.32 Å². The molecule has 17 heavy (non-hydrogen) atoms. The number of para-hydroxylation sites is 1. The van der Waals surface area contributed by atoms with E-state index in [2.05, 4.69) is 25.5 Å². The molecule has 84 valence electrons. The van der Waals surface area contributed by atoms with Crippen molar-refractivity contribution in [3.8, 4) is 0 Å². The summed E-state index contributed by atoms with van der Waals surface area (Å²) >= 11 is 0. The average molecular weight is 225 g/mol. The minimum Gasteiger partial charge on any atom is -0.377 e. The zero-order chi connectivity index (χ0) is 11.5. The number of hydrogen-bond acceptors (Lipinski definition) is 4. The minimum absolute atomic E-state index is 0.619. The molecule has 0 saturated carbocycles. The molecule has 0 spiro atoms. The number of nitrogens with zero attached hydrogens (tertiary/aromatic N) is 3. The molecule has 0 atom stereocenters. The summed E-state index contributed by atoms with van der Waals surface area (Å²) in [7, 11) is 0. The van der Waals surface area contributed by atoms with E-state index in [0.717, 1.165) is 22.4 Å². The molecule has 3 rings (SSSR count). The number of aromatic nitrogens is 4. The predicted octanol–water partition coefficient (Wildman–Crippen LogP) is 1.96. The monoisotopic (exact) mass is 225 g/mol. The van der Waals surface area contributed by atoms with E-state index in [0.29, 0.717) is 6.54 Å². The second-order valence-corrected chi connectivity index (χ2v) is 3.66. The van der Waals surface area contributed by atoms with Crippen LogP contribution in [-0.4, -0.2) is 20.2 Å². The van der Waals surface area contributed by atoms with Crippen molar-refractivity contribution in [3.63, 3.8) is 0 Å². The van der Waals surface area contributed by atoms with Crippen molar-refractivity contribution in [2.24, 2.45) is 0 Å². The maximum absolute atomic E-state index is 4.31. The molecule has 3 aromatic rings. The Hall–Kier alpha value is -2.43. The number of aromatic amines is 1. The van der Waals surface area contributed by atoms with Gasteiger partial charge in [-0.25, -0.2) is 4.98 Å². The Morgan fingerprint density at radius 3 is 2.94 bits per heavy atom. The van der Waals surface area contributed by atoms with Crippen LogP contribution in [-0.2, 0) is 6.54 Å². The van der Waals surface area contributed by atoms with Gasteiger partial charge in [0.25, 0.3) is 0 Å². The molecule has 1 aromatic carbocycles. The summed E-state index contributed by atoms with van der Waals surface area (Å²) in [5.74, 6) is 0.811. The standard InChI is InChI=1S/C12H11N5/c1-2-4-10-9(3-1)11(5-6-13-10)14-7-12-15-8-16-17-12/h1-6,8H,7H2,(H,13,14)(H,15,16,17). The summed E-state index contributed by atoms with van der Waals surface area (Å²) in [6.07, 6.45) is 3.30. The molecule has 0 saturated heterocycles. The maximum Gasteiger partial charge on any atom is 0.143 e. The van der Waals surface area contributed by atoms with Crippen LogP contribution in [0.2, 0.25) is 0 Å². The average Bonchev–Trinajstić information content (AvgIpc) is 2.89. The van der Waals surface area contributed by atoms with Crippen LogP contribution in [0, 0.1) is 0 Å². The van der Waals surface area contributed by atoms with E-state index in [-0.39, 0.29) is 0 Å². The Kier molecular flexibility index (Phi) is 2.42. The zero-order valence-corrected chi connectivity index (χ0v) is 9.09. The van der Waals surface area contributed by atoms with Crippen LogP contribution in [0.15, 0.2) is 42.9 Å². The van der Waals surface area contributed by atoms with Gasteiger partial charge in [0.15, 0.2) is 0 Å². The molecule has 0 bridgehead atoms. The van der Waals surface area contributed by atoms with Gasteiger partial charge in [0, 0.05) is 17.3 Å². The van der Waals surface area contributed by atoms with Crippen molar-refractivity contribution < 1.29 is 0 Å². The molecule has 2 heterocycles. The lowest BCUT2D eigenvalue weighted by molar-refractivity contribution is 0.955. The normalized spacial score (nSPS) is 10.6. The Balaban J connectivity index is 1.90. The minimum atomic E-state index is 0.619. The molecular weight excluding hydrogens is 214 g/mol. The molecule has 0 unspecified atom stereocenters. The molecule has 0 aliphatic rings. The van der Waals surface area contributed by atoms with Gasteiger partial charge in [-0.2, -0.15) is 5.10 Å². The number of pyridine rings is 1. The highest BCUT2D eigenvalue weighted by molar-refractivity contribution is 5.90. The van der Waals surface area contributed by atoms with E-state index >= 15 is 0 Å². The van der Waals surface area contributed by atoms with Crippen molar-refractivity contribution >= 4 is 16.6 Å². The van der Waals surface area contributed by atoms with Crippen molar-refractivity contribution in [1.82, 2.24) is 20.2 Å². The molecule has 2 aromatic heterocycles. The first-order chi connectivity index (χ1) is 8.43. The lowest BCUT2D eigenvalue weighted by Crippen LogP contribution is -2.02. The number of H-pyrrole nitrogens is 1. The van der Waals surface area contributed by atoms with Crippen LogP contribution in [0.5, 0.6) is 0 Å². The third-order valence-corrected chi connectivity index (χ3v) is 2.56. The largest absolute Gasteiger partial charge is 0.377 e. The molecule has 5 heteroatoms. The third kappa shape index (κ3) is 1.94. The van der Waals surface area contributed by atoms with Gasteiger partial charge in [-0.3, -0.25) is 10.1 Å². The van der Waals surface area contributed by atoms with Gasteiger partial charge in [0.1, 0.15) is 12.2 Å². The lowest BCUT2D eigenvalue weighted by atomic mass is 10.2. The van der Waals surface area contributed by atoms with Gasteiger partial charge in [0.2, 0.25) is 0 Å². The Labute approximate surface area is 97.9 Å². The predicted molar refractivity (Wildman–Crippen MR) is 65.5 cm³/mol. The lowest BCUT2D eigenvalue weighted by Gasteiger charge is -2.07. The second-order valence-electron chi connectivity index (χ2n) is 3.66. The smallest absolute Gasteiger partial charge is 0.143 e. The Morgan fingerprint density at radius 2 is 2.06 bits per heavy atom. The van der Waals surface area contributed by atoms with E-state index in [1.807, 2.05) is 30.3 Å². The summed E-state index contributed by atoms with van der Waals surface area (Å²) in [5, 5.41) is 11.0. The van der Waals surface area contributed by atoms with Gasteiger partial charge in [-0.15, -0.1) is 0 Å². The van der Waals surface area contributed by atoms with Crippen molar-refractivity contribution in [2.75, 3.05) is 5.32 Å². The molecule has 0 fully saturated rings. The van der Waals surface area contributed by atoms with E-state index in [1.54, 1.807) is 6.20 Å². The van der Waals surface area contributed by atoms with Gasteiger partial charge >= 0.3 is 0 Å². The number of nitrogens with one attached hydrogen (secondary N) is 2. The van der Waals surface area contributed by atoms with Gasteiger partial charge in [-0.05, 0) is 12.1 Å². The fraction of sp³-hybridized carbons (Fsp3) is 0.0833. The number of fused-ring (bicyclic) bond motifs is 1. The molecular formula is C12H11N5. The van der Waals surface area contributed by atoms with E-state index in [1.165, 1.54) is 6.33 Å². The topological polar surface area (TPSA) is 66.5 Å². The number of rotatable bonds is 3. The summed E-state index contributed by atoms with van der Waals surface area (Å²) in [5.41, 5.74) is 2.03. The highest BCUT2D eigenvalue weighted by Gasteiger charge is 2.01. The molecule has 5 nitrogen and oxygen atoms in total. The first kappa shape index (κ1) is 9.77. The van der Waals surface area contributed by atoms with Crippen molar-refractivity contribution in [2.45, 2.75) is 6.54 Å². The highest BCUT2D eigenvalue weighted by atomic mass is 15.2. The van der Waals surface area contributed by atoms with E-state index in [9.17, 15) is 0 Å². The fourth-order valence-electron chi connectivity index (χ4n) is 1.74. The van der Waals surface area contributed by atoms with E-state index < -0.39 is 0 Å². The molecule has 0 radical (unpaired) electrons. The van der Waals surface area contributed by atoms with Crippen molar-refractivity contribution in [3.05, 3.63) is 48.7 Å². The fourth-order valence-corrected chi connectivity index (χ4v) is 1.74. The number of anilines is 1. The molecule has 0 aliphatic carbocycles. The second kappa shape index (κ2) is 4.21. The van der Waals surface area contributed by atoms with Gasteiger partial charge in [0.05, 0.1) is 12.1 Å².